The molecule has 4 nitrogen and oxygen atoms in total. The van der Waals surface area contributed by atoms with Crippen molar-refractivity contribution in [3.8, 4) is 0 Å². The summed E-state index contributed by atoms with van der Waals surface area (Å²) in [6.45, 7) is 5.06. The summed E-state index contributed by atoms with van der Waals surface area (Å²) in [5, 5.41) is 3.58. The smallest absolute Gasteiger partial charge is 0.242 e. The van der Waals surface area contributed by atoms with Gasteiger partial charge in [-0.15, -0.1) is 0 Å². The molecule has 0 saturated carbocycles. The Morgan fingerprint density at radius 1 is 1.04 bits per heavy atom. The van der Waals surface area contributed by atoms with E-state index in [1.807, 2.05) is 49.4 Å². The quantitative estimate of drug-likeness (QED) is 0.592. The Kier molecular flexibility index (Phi) is 9.02. The number of carbonyl (C=O) groups excluding carboxylic acids is 2. The normalized spacial score (nSPS) is 11.7. The molecule has 0 unspecified atom stereocenters. The molecular formula is C23H29ClN2O2. The lowest BCUT2D eigenvalue weighted by Gasteiger charge is -2.31. The molecular weight excluding hydrogens is 372 g/mol. The third-order valence-electron chi connectivity index (χ3n) is 4.66. The van der Waals surface area contributed by atoms with Gasteiger partial charge in [0.25, 0.3) is 0 Å². The zero-order valence-corrected chi connectivity index (χ0v) is 17.4. The van der Waals surface area contributed by atoms with Crippen LogP contribution in [0.5, 0.6) is 0 Å². The average molecular weight is 401 g/mol. The molecule has 1 N–H and O–H groups in total. The van der Waals surface area contributed by atoms with E-state index in [1.54, 1.807) is 17.0 Å². The van der Waals surface area contributed by atoms with Gasteiger partial charge in [0.05, 0.1) is 6.42 Å². The largest absolute Gasteiger partial charge is 0.354 e. The maximum atomic E-state index is 13.2. The van der Waals surface area contributed by atoms with E-state index in [1.165, 1.54) is 0 Å². The zero-order valence-electron chi connectivity index (χ0n) is 16.7. The van der Waals surface area contributed by atoms with E-state index in [0.717, 1.165) is 24.0 Å². The summed E-state index contributed by atoms with van der Waals surface area (Å²) in [4.78, 5) is 27.6. The van der Waals surface area contributed by atoms with Crippen LogP contribution in [0.1, 0.15) is 44.2 Å². The maximum absolute atomic E-state index is 13.2. The molecule has 0 aliphatic heterocycles. The highest BCUT2D eigenvalue weighted by Crippen LogP contribution is 2.16. The summed E-state index contributed by atoms with van der Waals surface area (Å²) < 4.78 is 0. The van der Waals surface area contributed by atoms with Gasteiger partial charge < -0.3 is 10.2 Å². The summed E-state index contributed by atoms with van der Waals surface area (Å²) in [5.74, 6) is -0.171. The molecule has 150 valence electrons. The molecule has 0 radical (unpaired) electrons. The summed E-state index contributed by atoms with van der Waals surface area (Å²) in [7, 11) is 0. The second-order valence-corrected chi connectivity index (χ2v) is 7.32. The third-order valence-corrected chi connectivity index (χ3v) is 4.89. The SMILES string of the molecule is CCCCNC(=O)[C@@H](CC)N(Cc1ccccc1)C(=O)Cc1cccc(Cl)c1. The van der Waals surface area contributed by atoms with Gasteiger partial charge in [-0.05, 0) is 36.1 Å². The highest BCUT2D eigenvalue weighted by Gasteiger charge is 2.28. The van der Waals surface area contributed by atoms with Crippen LogP contribution < -0.4 is 5.32 Å². The standard InChI is InChI=1S/C23H29ClN2O2/c1-3-5-14-25-23(28)21(4-2)26(17-18-10-7-6-8-11-18)22(27)16-19-12-9-13-20(24)15-19/h6-13,15,21H,3-5,14,16-17H2,1-2H3,(H,25,28)/t21-/m1/s1. The molecule has 0 saturated heterocycles. The van der Waals surface area contributed by atoms with Crippen LogP contribution in [0, 0.1) is 0 Å². The Balaban J connectivity index is 2.21. The Labute approximate surface area is 172 Å². The second-order valence-electron chi connectivity index (χ2n) is 6.88. The molecule has 0 spiro atoms. The lowest BCUT2D eigenvalue weighted by Crippen LogP contribution is -2.49. The van der Waals surface area contributed by atoms with Gasteiger partial charge in [-0.25, -0.2) is 0 Å². The summed E-state index contributed by atoms with van der Waals surface area (Å²) in [6, 6.07) is 16.6. The zero-order chi connectivity index (χ0) is 20.4. The molecule has 5 heteroatoms. The van der Waals surface area contributed by atoms with Crippen LogP contribution in [0.4, 0.5) is 0 Å². The Hall–Kier alpha value is -2.33. The van der Waals surface area contributed by atoms with E-state index in [2.05, 4.69) is 12.2 Å². The molecule has 2 rings (SSSR count). The van der Waals surface area contributed by atoms with E-state index in [9.17, 15) is 9.59 Å². The first-order valence-corrected chi connectivity index (χ1v) is 10.3. The minimum absolute atomic E-state index is 0.0800. The van der Waals surface area contributed by atoms with Gasteiger partial charge in [0.15, 0.2) is 0 Å². The molecule has 0 fully saturated rings. The number of benzene rings is 2. The predicted molar refractivity (Wildman–Crippen MR) is 114 cm³/mol. The van der Waals surface area contributed by atoms with Crippen molar-refractivity contribution in [1.29, 1.82) is 0 Å². The highest BCUT2D eigenvalue weighted by atomic mass is 35.5. The number of halogens is 1. The number of nitrogens with zero attached hydrogens (tertiary/aromatic N) is 1. The minimum atomic E-state index is -0.497. The molecule has 2 aromatic rings. The van der Waals surface area contributed by atoms with E-state index in [0.29, 0.717) is 24.5 Å². The lowest BCUT2D eigenvalue weighted by molar-refractivity contribution is -0.140. The van der Waals surface area contributed by atoms with Crippen molar-refractivity contribution in [2.24, 2.45) is 0 Å². The number of carbonyl (C=O) groups is 2. The molecule has 1 atom stereocenters. The number of hydrogen-bond donors (Lipinski definition) is 1. The van der Waals surface area contributed by atoms with Gasteiger partial charge in [0, 0.05) is 18.1 Å². The van der Waals surface area contributed by atoms with Gasteiger partial charge in [-0.3, -0.25) is 9.59 Å². The van der Waals surface area contributed by atoms with Crippen molar-refractivity contribution in [3.05, 3.63) is 70.7 Å². The van der Waals surface area contributed by atoms with Gasteiger partial charge in [0.2, 0.25) is 11.8 Å². The summed E-state index contributed by atoms with van der Waals surface area (Å²) in [5.41, 5.74) is 1.85. The predicted octanol–water partition coefficient (Wildman–Crippen LogP) is 4.61. The Morgan fingerprint density at radius 2 is 1.75 bits per heavy atom. The first-order chi connectivity index (χ1) is 13.5. The average Bonchev–Trinajstić information content (AvgIpc) is 2.69. The fraction of sp³-hybridized carbons (Fsp3) is 0.391. The molecule has 0 aromatic heterocycles. The van der Waals surface area contributed by atoms with E-state index >= 15 is 0 Å². The van der Waals surface area contributed by atoms with Crippen molar-refractivity contribution < 1.29 is 9.59 Å². The van der Waals surface area contributed by atoms with Crippen LogP contribution in [-0.4, -0.2) is 29.3 Å². The van der Waals surface area contributed by atoms with Gasteiger partial charge in [0.1, 0.15) is 6.04 Å². The molecule has 0 bridgehead atoms. The summed E-state index contributed by atoms with van der Waals surface area (Å²) >= 11 is 6.06. The maximum Gasteiger partial charge on any atom is 0.242 e. The molecule has 0 aliphatic carbocycles. The fourth-order valence-electron chi connectivity index (χ4n) is 3.13. The number of amides is 2. The minimum Gasteiger partial charge on any atom is -0.354 e. The molecule has 0 heterocycles. The van der Waals surface area contributed by atoms with Crippen molar-refractivity contribution in [1.82, 2.24) is 10.2 Å². The van der Waals surface area contributed by atoms with E-state index < -0.39 is 6.04 Å². The van der Waals surface area contributed by atoms with E-state index in [4.69, 9.17) is 11.6 Å². The Morgan fingerprint density at radius 3 is 2.39 bits per heavy atom. The number of nitrogens with one attached hydrogen (secondary N) is 1. The Bertz CT molecular complexity index is 764. The van der Waals surface area contributed by atoms with Crippen LogP contribution in [-0.2, 0) is 22.6 Å². The monoisotopic (exact) mass is 400 g/mol. The highest BCUT2D eigenvalue weighted by molar-refractivity contribution is 6.30. The van der Waals surface area contributed by atoms with Crippen LogP contribution >= 0.6 is 11.6 Å². The molecule has 0 aliphatic rings. The van der Waals surface area contributed by atoms with Crippen molar-refractivity contribution in [3.63, 3.8) is 0 Å². The molecule has 2 amide bonds. The van der Waals surface area contributed by atoms with Crippen LogP contribution in [0.25, 0.3) is 0 Å². The lowest BCUT2D eigenvalue weighted by atomic mass is 10.1. The first-order valence-electron chi connectivity index (χ1n) is 9.90. The fourth-order valence-corrected chi connectivity index (χ4v) is 3.34. The van der Waals surface area contributed by atoms with Crippen LogP contribution in [0.3, 0.4) is 0 Å². The van der Waals surface area contributed by atoms with Crippen molar-refractivity contribution >= 4 is 23.4 Å². The van der Waals surface area contributed by atoms with Crippen LogP contribution in [0.2, 0.25) is 5.02 Å². The van der Waals surface area contributed by atoms with Gasteiger partial charge in [-0.1, -0.05) is 74.3 Å². The van der Waals surface area contributed by atoms with Crippen molar-refractivity contribution in [2.75, 3.05) is 6.54 Å². The van der Waals surface area contributed by atoms with Crippen LogP contribution in [0.15, 0.2) is 54.6 Å². The second kappa shape index (κ2) is 11.5. The third kappa shape index (κ3) is 6.68. The number of rotatable bonds is 10. The topological polar surface area (TPSA) is 49.4 Å². The molecule has 2 aromatic carbocycles. The number of unbranched alkanes of at least 4 members (excludes halogenated alkanes) is 1. The molecule has 28 heavy (non-hydrogen) atoms. The summed E-state index contributed by atoms with van der Waals surface area (Å²) in [6.07, 6.45) is 2.72. The number of hydrogen-bond acceptors (Lipinski definition) is 2. The first kappa shape index (κ1) is 22.0. The van der Waals surface area contributed by atoms with Gasteiger partial charge in [-0.2, -0.15) is 0 Å². The van der Waals surface area contributed by atoms with E-state index in [-0.39, 0.29) is 18.2 Å². The van der Waals surface area contributed by atoms with Gasteiger partial charge >= 0.3 is 0 Å². The van der Waals surface area contributed by atoms with Crippen molar-refractivity contribution in [2.45, 2.75) is 52.1 Å².